The maximum absolute atomic E-state index is 13.9. The number of aliphatic hydroxyl groups excluding tert-OH is 2. The molecule has 0 aromatic heterocycles. The molecule has 1 amide bonds. The maximum atomic E-state index is 13.9. The first-order valence-electron chi connectivity index (χ1n) is 11.9. The highest BCUT2D eigenvalue weighted by atomic mass is 35.5. The lowest BCUT2D eigenvalue weighted by molar-refractivity contribution is -0.121. The second kappa shape index (κ2) is 13.4. The van der Waals surface area contributed by atoms with Gasteiger partial charge >= 0.3 is 0 Å². The predicted molar refractivity (Wildman–Crippen MR) is 138 cm³/mol. The Balaban J connectivity index is 1.45. The van der Waals surface area contributed by atoms with Crippen LogP contribution in [0.15, 0.2) is 60.7 Å². The van der Waals surface area contributed by atoms with Gasteiger partial charge in [0.15, 0.2) is 0 Å². The van der Waals surface area contributed by atoms with E-state index in [2.05, 4.69) is 16.7 Å². The number of hydrogen-bond donors (Lipinski definition) is 5. The number of aromatic hydroxyl groups is 1. The normalized spacial score (nSPS) is 12.8. The molecule has 0 fully saturated rings. The van der Waals surface area contributed by atoms with E-state index in [4.69, 9.17) is 11.6 Å². The third kappa shape index (κ3) is 8.03. The number of amides is 1. The summed E-state index contributed by atoms with van der Waals surface area (Å²) in [6.07, 6.45) is 0.787. The van der Waals surface area contributed by atoms with Crippen LogP contribution in [0.4, 0.5) is 4.39 Å². The fraction of sp³-hybridized carbons (Fsp3) is 0.321. The van der Waals surface area contributed by atoms with Gasteiger partial charge in [0, 0.05) is 41.7 Å². The molecule has 0 heterocycles. The number of rotatable bonds is 12. The van der Waals surface area contributed by atoms with E-state index < -0.39 is 11.9 Å². The van der Waals surface area contributed by atoms with Crippen LogP contribution in [0.5, 0.6) is 5.75 Å². The lowest BCUT2D eigenvalue weighted by atomic mass is 10.0. The van der Waals surface area contributed by atoms with Crippen molar-refractivity contribution in [2.75, 3.05) is 6.54 Å². The zero-order chi connectivity index (χ0) is 26.1. The van der Waals surface area contributed by atoms with Gasteiger partial charge in [-0.25, -0.2) is 4.39 Å². The van der Waals surface area contributed by atoms with Gasteiger partial charge < -0.3 is 26.0 Å². The second-order valence-corrected chi connectivity index (χ2v) is 9.28. The summed E-state index contributed by atoms with van der Waals surface area (Å²) in [5.41, 5.74) is 3.41. The van der Waals surface area contributed by atoms with Crippen molar-refractivity contribution >= 4 is 17.5 Å². The molecule has 0 aliphatic rings. The minimum atomic E-state index is -0.776. The van der Waals surface area contributed by atoms with Crippen molar-refractivity contribution in [3.05, 3.63) is 99.3 Å². The van der Waals surface area contributed by atoms with E-state index in [-0.39, 0.29) is 47.9 Å². The molecular weight excluding hydrogens is 483 g/mol. The summed E-state index contributed by atoms with van der Waals surface area (Å²) < 4.78 is 13.9. The van der Waals surface area contributed by atoms with Crippen LogP contribution in [0.1, 0.15) is 47.3 Å². The molecule has 0 aliphatic heterocycles. The number of phenols is 1. The van der Waals surface area contributed by atoms with Crippen LogP contribution < -0.4 is 10.6 Å². The van der Waals surface area contributed by atoms with E-state index in [1.54, 1.807) is 18.2 Å². The third-order valence-electron chi connectivity index (χ3n) is 6.02. The molecule has 0 radical (unpaired) electrons. The van der Waals surface area contributed by atoms with Gasteiger partial charge in [0.2, 0.25) is 5.91 Å². The first-order chi connectivity index (χ1) is 17.3. The van der Waals surface area contributed by atoms with Gasteiger partial charge in [0.1, 0.15) is 11.6 Å². The minimum absolute atomic E-state index is 0.00151. The Morgan fingerprint density at radius 1 is 1.08 bits per heavy atom. The molecule has 0 saturated carbocycles. The molecule has 0 spiro atoms. The molecule has 0 aliphatic carbocycles. The van der Waals surface area contributed by atoms with Gasteiger partial charge in [-0.15, -0.1) is 0 Å². The van der Waals surface area contributed by atoms with Crippen LogP contribution in [-0.4, -0.2) is 33.8 Å². The van der Waals surface area contributed by atoms with E-state index >= 15 is 0 Å². The van der Waals surface area contributed by atoms with Gasteiger partial charge in [-0.1, -0.05) is 48.0 Å². The molecule has 2 atom stereocenters. The summed E-state index contributed by atoms with van der Waals surface area (Å²) in [6, 6.07) is 17.2. The molecule has 3 aromatic rings. The highest BCUT2D eigenvalue weighted by molar-refractivity contribution is 6.31. The zero-order valence-electron chi connectivity index (χ0n) is 20.2. The highest BCUT2D eigenvalue weighted by Crippen LogP contribution is 2.22. The predicted octanol–water partition coefficient (Wildman–Crippen LogP) is 4.18. The number of carbonyl (C=O) groups is 1. The van der Waals surface area contributed by atoms with E-state index in [1.807, 2.05) is 25.1 Å². The number of benzene rings is 3. The second-order valence-electron chi connectivity index (χ2n) is 8.87. The van der Waals surface area contributed by atoms with Crippen molar-refractivity contribution in [1.29, 1.82) is 0 Å². The molecule has 5 N–H and O–H groups in total. The Hall–Kier alpha value is -2.97. The monoisotopic (exact) mass is 514 g/mol. The van der Waals surface area contributed by atoms with E-state index in [9.17, 15) is 24.5 Å². The first kappa shape index (κ1) is 27.6. The Bertz CT molecular complexity index is 1150. The van der Waals surface area contributed by atoms with Gasteiger partial charge in [0.05, 0.1) is 12.7 Å². The number of nitrogens with one attached hydrogen (secondary N) is 2. The van der Waals surface area contributed by atoms with Crippen molar-refractivity contribution in [1.82, 2.24) is 10.6 Å². The van der Waals surface area contributed by atoms with E-state index in [0.717, 1.165) is 17.5 Å². The van der Waals surface area contributed by atoms with Gasteiger partial charge in [-0.2, -0.15) is 0 Å². The summed E-state index contributed by atoms with van der Waals surface area (Å²) in [4.78, 5) is 12.3. The Kier molecular flexibility index (Phi) is 10.3. The summed E-state index contributed by atoms with van der Waals surface area (Å²) in [5, 5.41) is 35.8. The smallest absolute Gasteiger partial charge is 0.220 e. The average molecular weight is 515 g/mol. The molecule has 0 saturated heterocycles. The molecule has 3 aromatic carbocycles. The lowest BCUT2D eigenvalue weighted by Gasteiger charge is -2.18. The van der Waals surface area contributed by atoms with Crippen molar-refractivity contribution < 1.29 is 24.5 Å². The van der Waals surface area contributed by atoms with Crippen molar-refractivity contribution in [3.8, 4) is 5.75 Å². The van der Waals surface area contributed by atoms with Crippen LogP contribution >= 0.6 is 11.6 Å². The molecular formula is C28H32ClFN2O4. The number of halogens is 2. The molecule has 6 nitrogen and oxygen atoms in total. The quantitative estimate of drug-likeness (QED) is 0.249. The average Bonchev–Trinajstić information content (AvgIpc) is 2.86. The van der Waals surface area contributed by atoms with Gasteiger partial charge in [-0.05, 0) is 60.7 Å². The largest absolute Gasteiger partial charge is 0.508 e. The SMILES string of the molecule is CC(Cc1cccc(CCC(=O)NCc2c(F)cccc2Cl)c1)NC[C@H](O)c1ccc(O)c(CO)c1. The van der Waals surface area contributed by atoms with Crippen LogP contribution in [0.3, 0.4) is 0 Å². The topological polar surface area (TPSA) is 102 Å². The molecule has 36 heavy (non-hydrogen) atoms. The molecule has 0 bridgehead atoms. The van der Waals surface area contributed by atoms with E-state index in [0.29, 0.717) is 24.1 Å². The Labute approximate surface area is 215 Å². The van der Waals surface area contributed by atoms with Crippen LogP contribution in [-0.2, 0) is 30.8 Å². The van der Waals surface area contributed by atoms with E-state index in [1.165, 1.54) is 18.2 Å². The Morgan fingerprint density at radius 3 is 2.58 bits per heavy atom. The first-order valence-corrected chi connectivity index (χ1v) is 12.3. The summed E-state index contributed by atoms with van der Waals surface area (Å²) in [6.45, 7) is 2.10. The number of carbonyl (C=O) groups excluding carboxylic acids is 1. The van der Waals surface area contributed by atoms with Crippen molar-refractivity contribution in [2.24, 2.45) is 0 Å². The van der Waals surface area contributed by atoms with Crippen LogP contribution in [0.2, 0.25) is 5.02 Å². The lowest BCUT2D eigenvalue weighted by Crippen LogP contribution is -2.32. The van der Waals surface area contributed by atoms with Gasteiger partial charge in [-0.3, -0.25) is 4.79 Å². The standard InChI is InChI=1S/C28H32ClFN2O4/c1-18(31-16-27(35)21-9-10-26(34)22(14-21)17-33)12-20-5-2-4-19(13-20)8-11-28(36)32-15-23-24(29)6-3-7-25(23)30/h2-7,9-10,13-14,18,27,31,33-35H,8,11-12,15-17H2,1H3,(H,32,36)/t18?,27-/m0/s1. The zero-order valence-corrected chi connectivity index (χ0v) is 20.9. The maximum Gasteiger partial charge on any atom is 0.220 e. The summed E-state index contributed by atoms with van der Waals surface area (Å²) in [7, 11) is 0. The number of hydrogen-bond acceptors (Lipinski definition) is 5. The van der Waals surface area contributed by atoms with Gasteiger partial charge in [0.25, 0.3) is 0 Å². The molecule has 1 unspecified atom stereocenters. The summed E-state index contributed by atoms with van der Waals surface area (Å²) >= 11 is 6.01. The Morgan fingerprint density at radius 2 is 1.83 bits per heavy atom. The van der Waals surface area contributed by atoms with Crippen molar-refractivity contribution in [2.45, 2.75) is 51.5 Å². The molecule has 3 rings (SSSR count). The number of aliphatic hydroxyl groups is 2. The number of aryl methyl sites for hydroxylation is 1. The minimum Gasteiger partial charge on any atom is -0.508 e. The summed E-state index contributed by atoms with van der Waals surface area (Å²) in [5.74, 6) is -0.618. The molecule has 8 heteroatoms. The fourth-order valence-corrected chi connectivity index (χ4v) is 4.17. The van der Waals surface area contributed by atoms with Crippen LogP contribution in [0.25, 0.3) is 0 Å². The highest BCUT2D eigenvalue weighted by Gasteiger charge is 2.13. The van der Waals surface area contributed by atoms with Crippen molar-refractivity contribution in [3.63, 3.8) is 0 Å². The van der Waals surface area contributed by atoms with Crippen LogP contribution in [0, 0.1) is 5.82 Å². The molecule has 192 valence electrons. The fourth-order valence-electron chi connectivity index (χ4n) is 3.94. The third-order valence-corrected chi connectivity index (χ3v) is 6.37.